The zero-order valence-electron chi connectivity index (χ0n) is 6.37. The molecule has 0 saturated heterocycles. The molecule has 66 valence electrons. The molecule has 0 aliphatic carbocycles. The summed E-state index contributed by atoms with van der Waals surface area (Å²) >= 11 is 3.22. The number of hydrogen-bond donors (Lipinski definition) is 0. The molecule has 2 rings (SSSR count). The minimum absolute atomic E-state index is 0.0209. The van der Waals surface area contributed by atoms with Crippen molar-refractivity contribution in [3.8, 4) is 0 Å². The second kappa shape index (κ2) is 2.92. The Morgan fingerprint density at radius 3 is 3.08 bits per heavy atom. The van der Waals surface area contributed by atoms with Gasteiger partial charge in [0.05, 0.1) is 11.1 Å². The molecule has 0 atom stereocenters. The summed E-state index contributed by atoms with van der Waals surface area (Å²) in [6, 6.07) is 3.43. The molecule has 0 spiro atoms. The maximum Gasteiger partial charge on any atom is 0.244 e. The molecule has 0 saturated carbocycles. The Labute approximate surface area is 81.3 Å². The van der Waals surface area contributed by atoms with E-state index in [9.17, 15) is 9.18 Å². The van der Waals surface area contributed by atoms with Crippen LogP contribution in [0.1, 0.15) is 10.4 Å². The van der Waals surface area contributed by atoms with Crippen LogP contribution in [0, 0.1) is 5.95 Å². The molecule has 0 unspecified atom stereocenters. The molecule has 2 aromatic rings. The molecular formula is C8H4BrFN2O. The summed E-state index contributed by atoms with van der Waals surface area (Å²) in [6.07, 6.45) is 2.04. The van der Waals surface area contributed by atoms with E-state index >= 15 is 0 Å². The number of aromatic nitrogens is 2. The zero-order valence-corrected chi connectivity index (χ0v) is 7.95. The maximum atomic E-state index is 13.0. The molecule has 2 heterocycles. The first-order valence-corrected chi connectivity index (χ1v) is 4.31. The first kappa shape index (κ1) is 8.37. The van der Waals surface area contributed by atoms with Crippen molar-refractivity contribution < 1.29 is 9.18 Å². The summed E-state index contributed by atoms with van der Waals surface area (Å²) in [6.45, 7) is 0. The van der Waals surface area contributed by atoms with Crippen molar-refractivity contribution in [2.24, 2.45) is 0 Å². The van der Waals surface area contributed by atoms with E-state index in [4.69, 9.17) is 0 Å². The van der Waals surface area contributed by atoms with Crippen LogP contribution in [0.2, 0.25) is 0 Å². The third kappa shape index (κ3) is 1.16. The first-order chi connectivity index (χ1) is 6.24. The minimum Gasteiger partial charge on any atom is -0.298 e. The number of pyridine rings is 1. The van der Waals surface area contributed by atoms with Crippen LogP contribution in [0.4, 0.5) is 4.39 Å². The fraction of sp³-hybridized carbons (Fsp3) is 0. The molecule has 0 aromatic carbocycles. The van der Waals surface area contributed by atoms with E-state index in [1.807, 2.05) is 0 Å². The van der Waals surface area contributed by atoms with E-state index in [1.165, 1.54) is 4.52 Å². The monoisotopic (exact) mass is 242 g/mol. The van der Waals surface area contributed by atoms with E-state index in [0.29, 0.717) is 16.3 Å². The Morgan fingerprint density at radius 2 is 2.38 bits per heavy atom. The molecule has 2 aromatic heterocycles. The number of hydrogen-bond acceptors (Lipinski definition) is 2. The van der Waals surface area contributed by atoms with Gasteiger partial charge in [-0.2, -0.15) is 4.39 Å². The van der Waals surface area contributed by atoms with Crippen molar-refractivity contribution in [1.29, 1.82) is 0 Å². The van der Waals surface area contributed by atoms with Crippen molar-refractivity contribution in [3.05, 3.63) is 34.3 Å². The maximum absolute atomic E-state index is 13.0. The lowest BCUT2D eigenvalue weighted by molar-refractivity contribution is 0.112. The SMILES string of the molecule is O=Cc1c(F)nn2cccc(Br)c12. The van der Waals surface area contributed by atoms with Gasteiger partial charge in [0.15, 0.2) is 6.29 Å². The Kier molecular flexibility index (Phi) is 1.88. The second-order valence-electron chi connectivity index (χ2n) is 2.47. The number of carbonyl (C=O) groups excluding carboxylic acids is 1. The fourth-order valence-electron chi connectivity index (χ4n) is 1.16. The molecule has 0 aliphatic rings. The van der Waals surface area contributed by atoms with Crippen LogP contribution in [0.25, 0.3) is 5.52 Å². The van der Waals surface area contributed by atoms with Gasteiger partial charge in [-0.1, -0.05) is 0 Å². The number of nitrogens with zero attached hydrogens (tertiary/aromatic N) is 2. The highest BCUT2D eigenvalue weighted by Crippen LogP contribution is 2.21. The Hall–Kier alpha value is -1.23. The number of carbonyl (C=O) groups is 1. The van der Waals surface area contributed by atoms with Crippen LogP contribution >= 0.6 is 15.9 Å². The predicted molar refractivity (Wildman–Crippen MR) is 48.2 cm³/mol. The number of halogens is 2. The van der Waals surface area contributed by atoms with Gasteiger partial charge in [0.25, 0.3) is 0 Å². The minimum atomic E-state index is -0.748. The van der Waals surface area contributed by atoms with Gasteiger partial charge < -0.3 is 0 Å². The van der Waals surface area contributed by atoms with Gasteiger partial charge in [-0.15, -0.1) is 5.10 Å². The smallest absolute Gasteiger partial charge is 0.244 e. The highest BCUT2D eigenvalue weighted by atomic mass is 79.9. The molecule has 0 aliphatic heterocycles. The predicted octanol–water partition coefficient (Wildman–Crippen LogP) is 2.05. The Morgan fingerprint density at radius 1 is 1.62 bits per heavy atom. The number of aldehydes is 1. The van der Waals surface area contributed by atoms with Crippen LogP contribution in [0.3, 0.4) is 0 Å². The molecular weight excluding hydrogens is 239 g/mol. The normalized spacial score (nSPS) is 10.6. The molecule has 0 amide bonds. The molecule has 0 radical (unpaired) electrons. The topological polar surface area (TPSA) is 34.4 Å². The largest absolute Gasteiger partial charge is 0.298 e. The molecule has 0 fully saturated rings. The van der Waals surface area contributed by atoms with Crippen molar-refractivity contribution in [2.75, 3.05) is 0 Å². The van der Waals surface area contributed by atoms with Crippen LogP contribution in [0.15, 0.2) is 22.8 Å². The quantitative estimate of drug-likeness (QED) is 0.718. The molecule has 5 heteroatoms. The Bertz CT molecular complexity index is 480. The van der Waals surface area contributed by atoms with Crippen molar-refractivity contribution in [1.82, 2.24) is 9.61 Å². The summed E-state index contributed by atoms with van der Waals surface area (Å²) < 4.78 is 15.0. The standard InChI is InChI=1S/C8H4BrFN2O/c9-6-2-1-3-12-7(6)5(4-13)8(10)11-12/h1-4H. The molecule has 3 nitrogen and oxygen atoms in total. The highest BCUT2D eigenvalue weighted by molar-refractivity contribution is 9.10. The van der Waals surface area contributed by atoms with Crippen molar-refractivity contribution in [3.63, 3.8) is 0 Å². The van der Waals surface area contributed by atoms with E-state index in [1.54, 1.807) is 18.3 Å². The van der Waals surface area contributed by atoms with Crippen molar-refractivity contribution in [2.45, 2.75) is 0 Å². The summed E-state index contributed by atoms with van der Waals surface area (Å²) in [5.41, 5.74) is 0.433. The van der Waals surface area contributed by atoms with Crippen LogP contribution in [-0.4, -0.2) is 15.9 Å². The zero-order chi connectivity index (χ0) is 9.42. The summed E-state index contributed by atoms with van der Waals surface area (Å²) in [5.74, 6) is -0.748. The lowest BCUT2D eigenvalue weighted by Crippen LogP contribution is -1.86. The van der Waals surface area contributed by atoms with E-state index < -0.39 is 5.95 Å². The summed E-state index contributed by atoms with van der Waals surface area (Å²) in [4.78, 5) is 10.5. The Balaban J connectivity index is 2.96. The van der Waals surface area contributed by atoms with E-state index in [2.05, 4.69) is 21.0 Å². The van der Waals surface area contributed by atoms with Gasteiger partial charge in [-0.05, 0) is 28.1 Å². The lowest BCUT2D eigenvalue weighted by Gasteiger charge is -1.94. The first-order valence-electron chi connectivity index (χ1n) is 3.51. The van der Waals surface area contributed by atoms with Gasteiger partial charge in [0.1, 0.15) is 0 Å². The molecule has 0 N–H and O–H groups in total. The second-order valence-corrected chi connectivity index (χ2v) is 3.33. The highest BCUT2D eigenvalue weighted by Gasteiger charge is 2.13. The van der Waals surface area contributed by atoms with Crippen LogP contribution < -0.4 is 0 Å². The number of rotatable bonds is 1. The number of fused-ring (bicyclic) bond motifs is 1. The molecule has 13 heavy (non-hydrogen) atoms. The van der Waals surface area contributed by atoms with Crippen LogP contribution in [0.5, 0.6) is 0 Å². The molecule has 0 bridgehead atoms. The van der Waals surface area contributed by atoms with Gasteiger partial charge in [-0.3, -0.25) is 4.79 Å². The average Bonchev–Trinajstić information content (AvgIpc) is 2.42. The van der Waals surface area contributed by atoms with E-state index in [0.717, 1.165) is 0 Å². The third-order valence-corrected chi connectivity index (χ3v) is 2.36. The third-order valence-electron chi connectivity index (χ3n) is 1.72. The fourth-order valence-corrected chi connectivity index (χ4v) is 1.71. The lowest BCUT2D eigenvalue weighted by atomic mass is 10.3. The summed E-state index contributed by atoms with van der Waals surface area (Å²) in [7, 11) is 0. The van der Waals surface area contributed by atoms with E-state index in [-0.39, 0.29) is 5.56 Å². The van der Waals surface area contributed by atoms with Gasteiger partial charge in [0, 0.05) is 10.7 Å². The van der Waals surface area contributed by atoms with Gasteiger partial charge in [-0.25, -0.2) is 4.52 Å². The van der Waals surface area contributed by atoms with Crippen molar-refractivity contribution >= 4 is 27.7 Å². The van der Waals surface area contributed by atoms with Gasteiger partial charge >= 0.3 is 0 Å². The van der Waals surface area contributed by atoms with Gasteiger partial charge in [0.2, 0.25) is 5.95 Å². The average molecular weight is 243 g/mol. The summed E-state index contributed by atoms with van der Waals surface area (Å²) in [5, 5.41) is 3.53. The van der Waals surface area contributed by atoms with Crippen LogP contribution in [-0.2, 0) is 0 Å².